The normalized spacial score (nSPS) is 11.3. The van der Waals surface area contributed by atoms with Gasteiger partial charge in [0.25, 0.3) is 0 Å². The van der Waals surface area contributed by atoms with Crippen LogP contribution < -0.4 is 4.90 Å². The predicted molar refractivity (Wildman–Crippen MR) is 80.1 cm³/mol. The van der Waals surface area contributed by atoms with Gasteiger partial charge in [-0.25, -0.2) is 4.98 Å². The van der Waals surface area contributed by atoms with Gasteiger partial charge in [0.2, 0.25) is 0 Å². The number of ether oxygens (including phenoxy) is 1. The molecule has 0 saturated heterocycles. The predicted octanol–water partition coefficient (Wildman–Crippen LogP) is 3.15. The molecule has 0 aliphatic heterocycles. The van der Waals surface area contributed by atoms with Crippen LogP contribution in [-0.2, 0) is 10.1 Å². The Kier molecular flexibility index (Phi) is 5.03. The number of imidazole rings is 1. The molecule has 0 radical (unpaired) electrons. The van der Waals surface area contributed by atoms with E-state index in [9.17, 15) is 0 Å². The summed E-state index contributed by atoms with van der Waals surface area (Å²) in [4.78, 5) is 8.04. The maximum Gasteiger partial charge on any atom is 0.195 e. The van der Waals surface area contributed by atoms with E-state index in [4.69, 9.17) is 9.72 Å². The van der Waals surface area contributed by atoms with Crippen molar-refractivity contribution < 1.29 is 4.74 Å². The highest BCUT2D eigenvalue weighted by Gasteiger charge is 2.16. The minimum Gasteiger partial charge on any atom is -0.380 e. The third-order valence-corrected chi connectivity index (χ3v) is 4.15. The van der Waals surface area contributed by atoms with E-state index in [0.717, 1.165) is 42.4 Å². The molecule has 0 N–H and O–H groups in total. The highest BCUT2D eigenvalue weighted by molar-refractivity contribution is 9.08. The van der Waals surface area contributed by atoms with Crippen LogP contribution in [0.1, 0.15) is 19.5 Å². The van der Waals surface area contributed by atoms with E-state index in [1.165, 1.54) is 5.69 Å². The summed E-state index contributed by atoms with van der Waals surface area (Å²) < 4.78 is 7.58. The van der Waals surface area contributed by atoms with Crippen molar-refractivity contribution in [1.29, 1.82) is 0 Å². The van der Waals surface area contributed by atoms with Gasteiger partial charge in [-0.1, -0.05) is 15.9 Å². The number of anilines is 1. The van der Waals surface area contributed by atoms with Crippen molar-refractivity contribution in [3.63, 3.8) is 0 Å². The quantitative estimate of drug-likeness (QED) is 0.576. The van der Waals surface area contributed by atoms with Crippen LogP contribution in [0, 0.1) is 0 Å². The smallest absolute Gasteiger partial charge is 0.195 e. The van der Waals surface area contributed by atoms with Crippen molar-refractivity contribution in [1.82, 2.24) is 9.38 Å². The van der Waals surface area contributed by atoms with Gasteiger partial charge in [-0.3, -0.25) is 4.40 Å². The third kappa shape index (κ3) is 2.70. The van der Waals surface area contributed by atoms with Gasteiger partial charge in [-0.05, 0) is 13.8 Å². The zero-order valence-corrected chi connectivity index (χ0v) is 13.1. The van der Waals surface area contributed by atoms with Crippen LogP contribution in [0.3, 0.4) is 0 Å². The molecule has 0 aromatic carbocycles. The number of halogens is 1. The molecule has 18 heavy (non-hydrogen) atoms. The van der Waals surface area contributed by atoms with Gasteiger partial charge in [0.05, 0.1) is 12.3 Å². The fourth-order valence-corrected chi connectivity index (χ4v) is 3.18. The number of aromatic nitrogens is 2. The Balaban J connectivity index is 2.23. The second kappa shape index (κ2) is 6.54. The molecular formula is C12H18BrN3OS. The molecule has 0 aliphatic rings. The summed E-state index contributed by atoms with van der Waals surface area (Å²) in [6.07, 6.45) is 2.07. The third-order valence-electron chi connectivity index (χ3n) is 2.86. The first-order chi connectivity index (χ1) is 8.81. The topological polar surface area (TPSA) is 29.8 Å². The van der Waals surface area contributed by atoms with Crippen LogP contribution in [0.5, 0.6) is 0 Å². The number of thiazole rings is 1. The summed E-state index contributed by atoms with van der Waals surface area (Å²) in [5, 5.41) is 2.88. The van der Waals surface area contributed by atoms with Crippen LogP contribution in [0.4, 0.5) is 5.82 Å². The number of nitrogens with zero attached hydrogens (tertiary/aromatic N) is 3. The maximum atomic E-state index is 5.43. The largest absolute Gasteiger partial charge is 0.380 e. The molecular weight excluding hydrogens is 314 g/mol. The van der Waals surface area contributed by atoms with E-state index in [2.05, 4.69) is 43.7 Å². The van der Waals surface area contributed by atoms with Crippen molar-refractivity contribution in [2.24, 2.45) is 0 Å². The first kappa shape index (κ1) is 13.8. The standard InChI is InChI=1S/C12H18BrN3OS/c1-3-15(5-7-17-4-2)11-10(9-13)16-6-8-18-12(16)14-11/h6,8H,3-5,7,9H2,1-2H3. The van der Waals surface area contributed by atoms with Crippen LogP contribution in [0.15, 0.2) is 11.6 Å². The number of hydrogen-bond acceptors (Lipinski definition) is 4. The van der Waals surface area contributed by atoms with Gasteiger partial charge < -0.3 is 9.64 Å². The Morgan fingerprint density at radius 2 is 2.33 bits per heavy atom. The average molecular weight is 332 g/mol. The monoisotopic (exact) mass is 331 g/mol. The minimum atomic E-state index is 0.747. The average Bonchev–Trinajstić information content (AvgIpc) is 2.94. The lowest BCUT2D eigenvalue weighted by Gasteiger charge is -2.21. The molecule has 2 heterocycles. The van der Waals surface area contributed by atoms with Crippen molar-refractivity contribution in [3.8, 4) is 0 Å². The van der Waals surface area contributed by atoms with Crippen molar-refractivity contribution in [2.75, 3.05) is 31.2 Å². The van der Waals surface area contributed by atoms with Crippen LogP contribution in [0.2, 0.25) is 0 Å². The molecule has 0 unspecified atom stereocenters. The first-order valence-electron chi connectivity index (χ1n) is 6.14. The van der Waals surface area contributed by atoms with Crippen LogP contribution in [-0.4, -0.2) is 35.7 Å². The molecule has 0 atom stereocenters. The fourth-order valence-electron chi connectivity index (χ4n) is 1.93. The zero-order chi connectivity index (χ0) is 13.0. The molecule has 4 nitrogen and oxygen atoms in total. The van der Waals surface area contributed by atoms with Gasteiger partial charge in [0, 0.05) is 36.6 Å². The Morgan fingerprint density at radius 3 is 3.00 bits per heavy atom. The molecule has 0 spiro atoms. The molecule has 0 fully saturated rings. The second-order valence-corrected chi connectivity index (χ2v) is 5.28. The van der Waals surface area contributed by atoms with Crippen LogP contribution >= 0.6 is 27.3 Å². The highest BCUT2D eigenvalue weighted by atomic mass is 79.9. The molecule has 0 saturated carbocycles. The van der Waals surface area contributed by atoms with Gasteiger partial charge in [-0.15, -0.1) is 11.3 Å². The van der Waals surface area contributed by atoms with E-state index in [-0.39, 0.29) is 0 Å². The molecule has 0 amide bonds. The lowest BCUT2D eigenvalue weighted by molar-refractivity contribution is 0.154. The summed E-state index contributed by atoms with van der Waals surface area (Å²) in [6.45, 7) is 7.51. The van der Waals surface area contributed by atoms with Gasteiger partial charge in [0.1, 0.15) is 0 Å². The SMILES string of the molecule is CCOCCN(CC)c1nc2sccn2c1CBr. The van der Waals surface area contributed by atoms with E-state index < -0.39 is 0 Å². The summed E-state index contributed by atoms with van der Waals surface area (Å²) in [5.41, 5.74) is 1.21. The van der Waals surface area contributed by atoms with E-state index in [0.29, 0.717) is 0 Å². The number of rotatable bonds is 7. The summed E-state index contributed by atoms with van der Waals surface area (Å²) in [6, 6.07) is 0. The first-order valence-corrected chi connectivity index (χ1v) is 8.15. The Bertz CT molecular complexity index is 496. The Labute approximate surface area is 120 Å². The van der Waals surface area contributed by atoms with Gasteiger partial charge >= 0.3 is 0 Å². The van der Waals surface area contributed by atoms with Gasteiger partial charge in [-0.2, -0.15) is 0 Å². The molecule has 2 rings (SSSR count). The van der Waals surface area contributed by atoms with E-state index in [1.54, 1.807) is 11.3 Å². The lowest BCUT2D eigenvalue weighted by atomic mass is 10.4. The zero-order valence-electron chi connectivity index (χ0n) is 10.7. The number of fused-ring (bicyclic) bond motifs is 1. The molecule has 100 valence electrons. The molecule has 0 aliphatic carbocycles. The summed E-state index contributed by atoms with van der Waals surface area (Å²) in [7, 11) is 0. The number of alkyl halides is 1. The maximum absolute atomic E-state index is 5.43. The minimum absolute atomic E-state index is 0.747. The Morgan fingerprint density at radius 1 is 1.50 bits per heavy atom. The van der Waals surface area contributed by atoms with Crippen LogP contribution in [0.25, 0.3) is 4.96 Å². The number of likely N-dealkylation sites (N-methyl/N-ethyl adjacent to an activating group) is 1. The number of hydrogen-bond donors (Lipinski definition) is 0. The van der Waals surface area contributed by atoms with E-state index >= 15 is 0 Å². The van der Waals surface area contributed by atoms with E-state index in [1.807, 2.05) is 6.92 Å². The molecule has 0 bridgehead atoms. The second-order valence-electron chi connectivity index (χ2n) is 3.85. The molecule has 2 aromatic rings. The summed E-state index contributed by atoms with van der Waals surface area (Å²) >= 11 is 5.23. The Hall–Kier alpha value is -0.590. The molecule has 2 aromatic heterocycles. The summed E-state index contributed by atoms with van der Waals surface area (Å²) in [5.74, 6) is 1.07. The van der Waals surface area contributed by atoms with Crippen molar-refractivity contribution in [2.45, 2.75) is 19.2 Å². The highest BCUT2D eigenvalue weighted by Crippen LogP contribution is 2.26. The lowest BCUT2D eigenvalue weighted by Crippen LogP contribution is -2.28. The fraction of sp³-hybridized carbons (Fsp3) is 0.583. The van der Waals surface area contributed by atoms with Crippen molar-refractivity contribution >= 4 is 38.0 Å². The van der Waals surface area contributed by atoms with Gasteiger partial charge in [0.15, 0.2) is 10.8 Å². The molecule has 6 heteroatoms. The van der Waals surface area contributed by atoms with Crippen molar-refractivity contribution in [3.05, 3.63) is 17.3 Å².